The van der Waals surface area contributed by atoms with Crippen molar-refractivity contribution < 1.29 is 19.0 Å². The van der Waals surface area contributed by atoms with E-state index in [2.05, 4.69) is 15.3 Å². The van der Waals surface area contributed by atoms with Gasteiger partial charge in [0, 0.05) is 19.2 Å². The van der Waals surface area contributed by atoms with Crippen LogP contribution in [0.25, 0.3) is 0 Å². The van der Waals surface area contributed by atoms with E-state index in [-0.39, 0.29) is 11.9 Å². The van der Waals surface area contributed by atoms with Crippen LogP contribution in [0.3, 0.4) is 0 Å². The number of carbonyl (C=O) groups is 1. The summed E-state index contributed by atoms with van der Waals surface area (Å²) in [5.41, 5.74) is 7.46. The molecule has 1 atom stereocenters. The first-order valence-electron chi connectivity index (χ1n) is 9.58. The molecule has 9 heteroatoms. The average Bonchev–Trinajstić information content (AvgIpc) is 2.75. The summed E-state index contributed by atoms with van der Waals surface area (Å²) in [4.78, 5) is 22.8. The fourth-order valence-corrected chi connectivity index (χ4v) is 3.40. The minimum absolute atomic E-state index is 0.177. The highest BCUT2D eigenvalue weighted by Crippen LogP contribution is 2.35. The Morgan fingerprint density at radius 3 is 2.86 bits per heavy atom. The third-order valence-electron chi connectivity index (χ3n) is 4.86. The van der Waals surface area contributed by atoms with E-state index < -0.39 is 0 Å². The number of carbonyl (C=O) groups excluding carboxylic acids is 1. The monoisotopic (exact) mass is 401 g/mol. The Kier molecular flexibility index (Phi) is 6.58. The molecule has 156 valence electrons. The maximum atomic E-state index is 12.1. The molecule has 0 saturated carbocycles. The summed E-state index contributed by atoms with van der Waals surface area (Å²) < 4.78 is 15.9. The molecule has 1 aliphatic rings. The van der Waals surface area contributed by atoms with Gasteiger partial charge < -0.3 is 30.2 Å². The second-order valence-electron chi connectivity index (χ2n) is 6.69. The van der Waals surface area contributed by atoms with E-state index in [0.29, 0.717) is 47.7 Å². The number of methoxy groups -OCH3 is 2. The lowest BCUT2D eigenvalue weighted by Crippen LogP contribution is -2.40. The average molecular weight is 401 g/mol. The Labute approximate surface area is 170 Å². The Morgan fingerprint density at radius 1 is 1.31 bits per heavy atom. The number of ether oxygens (including phenoxy) is 3. The van der Waals surface area contributed by atoms with Crippen LogP contribution in [-0.2, 0) is 9.53 Å². The van der Waals surface area contributed by atoms with Gasteiger partial charge in [0.2, 0.25) is 0 Å². The van der Waals surface area contributed by atoms with E-state index >= 15 is 0 Å². The number of esters is 1. The molecule has 1 fully saturated rings. The van der Waals surface area contributed by atoms with E-state index in [9.17, 15) is 4.79 Å². The zero-order valence-electron chi connectivity index (χ0n) is 17.0. The lowest BCUT2D eigenvalue weighted by atomic mass is 9.98. The molecule has 2 heterocycles. The number of benzene rings is 1. The quantitative estimate of drug-likeness (QED) is 0.676. The van der Waals surface area contributed by atoms with Gasteiger partial charge in [-0.05, 0) is 31.9 Å². The van der Waals surface area contributed by atoms with Crippen molar-refractivity contribution >= 4 is 29.0 Å². The number of nitrogens with one attached hydrogen (secondary N) is 1. The summed E-state index contributed by atoms with van der Waals surface area (Å²) in [5.74, 6) is 2.00. The molecule has 0 spiro atoms. The maximum Gasteiger partial charge on any atom is 0.310 e. The van der Waals surface area contributed by atoms with Gasteiger partial charge in [-0.25, -0.2) is 9.97 Å². The van der Waals surface area contributed by atoms with Gasteiger partial charge in [0.1, 0.15) is 23.5 Å². The van der Waals surface area contributed by atoms with E-state index in [4.69, 9.17) is 19.9 Å². The van der Waals surface area contributed by atoms with Crippen molar-refractivity contribution in [1.29, 1.82) is 0 Å². The molecule has 3 rings (SSSR count). The number of nitrogens with two attached hydrogens (primary N) is 1. The molecule has 1 unspecified atom stereocenters. The van der Waals surface area contributed by atoms with Crippen molar-refractivity contribution in [2.75, 3.05) is 49.9 Å². The van der Waals surface area contributed by atoms with Crippen LogP contribution in [0.5, 0.6) is 11.5 Å². The van der Waals surface area contributed by atoms with E-state index in [0.717, 1.165) is 19.4 Å². The van der Waals surface area contributed by atoms with Crippen molar-refractivity contribution in [3.05, 3.63) is 24.5 Å². The molecule has 1 saturated heterocycles. The lowest BCUT2D eigenvalue weighted by Gasteiger charge is -2.33. The van der Waals surface area contributed by atoms with Crippen molar-refractivity contribution in [3.63, 3.8) is 0 Å². The molecule has 1 aliphatic heterocycles. The molecular formula is C20H27N5O4. The standard InChI is InChI=1S/C20H27N5O4/c1-4-29-20(26)13-6-5-9-25(11-13)19-17(21)18(22-12-23-19)24-15-10-14(27-2)7-8-16(15)28-3/h7-8,10,12-13H,4-6,9,11,21H2,1-3H3,(H,22,23,24). The molecular weight excluding hydrogens is 374 g/mol. The number of nitrogens with zero attached hydrogens (tertiary/aromatic N) is 3. The van der Waals surface area contributed by atoms with Crippen molar-refractivity contribution in [2.24, 2.45) is 5.92 Å². The van der Waals surface area contributed by atoms with Crippen LogP contribution >= 0.6 is 0 Å². The Balaban J connectivity index is 1.84. The molecule has 1 aromatic heterocycles. The maximum absolute atomic E-state index is 12.1. The first-order chi connectivity index (χ1) is 14.1. The highest BCUT2D eigenvalue weighted by atomic mass is 16.5. The normalized spacial score (nSPS) is 16.2. The third-order valence-corrected chi connectivity index (χ3v) is 4.86. The van der Waals surface area contributed by atoms with Crippen LogP contribution in [0.1, 0.15) is 19.8 Å². The Morgan fingerprint density at radius 2 is 2.14 bits per heavy atom. The van der Waals surface area contributed by atoms with Crippen LogP contribution in [0.4, 0.5) is 23.0 Å². The molecule has 9 nitrogen and oxygen atoms in total. The van der Waals surface area contributed by atoms with Crippen LogP contribution in [0.15, 0.2) is 24.5 Å². The molecule has 0 radical (unpaired) electrons. The van der Waals surface area contributed by atoms with Crippen LogP contribution < -0.4 is 25.4 Å². The summed E-state index contributed by atoms with van der Waals surface area (Å²) in [6.45, 7) is 3.47. The van der Waals surface area contributed by atoms with Gasteiger partial charge in [0.15, 0.2) is 11.6 Å². The van der Waals surface area contributed by atoms with Crippen LogP contribution in [0.2, 0.25) is 0 Å². The number of aromatic nitrogens is 2. The molecule has 3 N–H and O–H groups in total. The largest absolute Gasteiger partial charge is 0.497 e. The van der Waals surface area contributed by atoms with E-state index in [1.807, 2.05) is 17.9 Å². The van der Waals surface area contributed by atoms with Crippen molar-refractivity contribution in [1.82, 2.24) is 9.97 Å². The highest BCUT2D eigenvalue weighted by molar-refractivity contribution is 5.81. The van der Waals surface area contributed by atoms with Crippen molar-refractivity contribution in [3.8, 4) is 11.5 Å². The second-order valence-corrected chi connectivity index (χ2v) is 6.69. The summed E-state index contributed by atoms with van der Waals surface area (Å²) in [6.07, 6.45) is 3.11. The van der Waals surface area contributed by atoms with Gasteiger partial charge in [-0.15, -0.1) is 0 Å². The smallest absolute Gasteiger partial charge is 0.310 e. The fraction of sp³-hybridized carbons (Fsp3) is 0.450. The number of hydrogen-bond acceptors (Lipinski definition) is 9. The number of nitrogen functional groups attached to an aromatic ring is 1. The number of hydrogen-bond donors (Lipinski definition) is 2. The zero-order chi connectivity index (χ0) is 20.8. The summed E-state index contributed by atoms with van der Waals surface area (Å²) in [5, 5.41) is 3.20. The molecule has 1 aromatic carbocycles. The minimum atomic E-state index is -0.187. The van der Waals surface area contributed by atoms with Gasteiger partial charge >= 0.3 is 5.97 Å². The van der Waals surface area contributed by atoms with E-state index in [1.165, 1.54) is 6.33 Å². The number of anilines is 4. The molecule has 29 heavy (non-hydrogen) atoms. The molecule has 0 amide bonds. The predicted molar refractivity (Wildman–Crippen MR) is 111 cm³/mol. The van der Waals surface area contributed by atoms with Gasteiger partial charge in [-0.2, -0.15) is 0 Å². The van der Waals surface area contributed by atoms with Crippen LogP contribution in [0, 0.1) is 5.92 Å². The predicted octanol–water partition coefficient (Wildman–Crippen LogP) is 2.60. The molecule has 0 bridgehead atoms. The summed E-state index contributed by atoms with van der Waals surface area (Å²) in [6, 6.07) is 5.41. The SMILES string of the molecule is CCOC(=O)C1CCCN(c2ncnc(Nc3cc(OC)ccc3OC)c2N)C1. The summed E-state index contributed by atoms with van der Waals surface area (Å²) >= 11 is 0. The third kappa shape index (κ3) is 4.61. The molecule has 0 aliphatic carbocycles. The van der Waals surface area contributed by atoms with Gasteiger partial charge in [-0.1, -0.05) is 0 Å². The number of rotatable bonds is 7. The minimum Gasteiger partial charge on any atom is -0.497 e. The summed E-state index contributed by atoms with van der Waals surface area (Å²) in [7, 11) is 3.18. The first-order valence-corrected chi connectivity index (χ1v) is 9.58. The Hall–Kier alpha value is -3.23. The topological polar surface area (TPSA) is 112 Å². The van der Waals surface area contributed by atoms with Crippen LogP contribution in [-0.4, -0.2) is 49.9 Å². The first kappa shape index (κ1) is 20.5. The number of piperidine rings is 1. The van der Waals surface area contributed by atoms with Gasteiger partial charge in [-0.3, -0.25) is 4.79 Å². The van der Waals surface area contributed by atoms with Gasteiger partial charge in [0.25, 0.3) is 0 Å². The Bertz CT molecular complexity index is 861. The zero-order valence-corrected chi connectivity index (χ0v) is 17.0. The highest BCUT2D eigenvalue weighted by Gasteiger charge is 2.29. The van der Waals surface area contributed by atoms with Gasteiger partial charge in [0.05, 0.1) is 32.4 Å². The van der Waals surface area contributed by atoms with E-state index in [1.54, 1.807) is 26.4 Å². The fourth-order valence-electron chi connectivity index (χ4n) is 3.40. The van der Waals surface area contributed by atoms with Crippen molar-refractivity contribution in [2.45, 2.75) is 19.8 Å². The molecule has 2 aromatic rings. The lowest BCUT2D eigenvalue weighted by molar-refractivity contribution is -0.148. The second kappa shape index (κ2) is 9.31.